The first kappa shape index (κ1) is 18.5. The third-order valence-electron chi connectivity index (χ3n) is 4.26. The van der Waals surface area contributed by atoms with E-state index in [1.165, 1.54) is 0 Å². The highest BCUT2D eigenvalue weighted by molar-refractivity contribution is 5.79. The highest BCUT2D eigenvalue weighted by atomic mass is 16.5. The van der Waals surface area contributed by atoms with E-state index in [1.807, 2.05) is 12.1 Å². The van der Waals surface area contributed by atoms with Crippen LogP contribution in [0.3, 0.4) is 0 Å². The Morgan fingerprint density at radius 1 is 1.21 bits per heavy atom. The number of rotatable bonds is 6. The third kappa shape index (κ3) is 5.69. The molecule has 24 heavy (non-hydrogen) atoms. The molecule has 0 aliphatic carbocycles. The van der Waals surface area contributed by atoms with Gasteiger partial charge in [0.05, 0.1) is 19.8 Å². The van der Waals surface area contributed by atoms with Crippen LogP contribution in [0.2, 0.25) is 0 Å². The largest absolute Gasteiger partial charge is 0.508 e. The number of ether oxygens (including phenoxy) is 1. The van der Waals surface area contributed by atoms with Crippen molar-refractivity contribution in [2.24, 2.45) is 4.99 Å². The van der Waals surface area contributed by atoms with E-state index < -0.39 is 0 Å². The first-order valence-corrected chi connectivity index (χ1v) is 8.64. The van der Waals surface area contributed by atoms with Crippen molar-refractivity contribution in [1.82, 2.24) is 15.5 Å². The zero-order chi connectivity index (χ0) is 17.4. The molecule has 0 aromatic heterocycles. The van der Waals surface area contributed by atoms with Crippen molar-refractivity contribution in [1.29, 1.82) is 0 Å². The lowest BCUT2D eigenvalue weighted by Crippen LogP contribution is -2.56. The number of guanidine groups is 1. The third-order valence-corrected chi connectivity index (χ3v) is 4.26. The molecule has 0 saturated carbocycles. The summed E-state index contributed by atoms with van der Waals surface area (Å²) in [7, 11) is 0. The lowest BCUT2D eigenvalue weighted by atomic mass is 10.0. The number of benzene rings is 1. The zero-order valence-corrected chi connectivity index (χ0v) is 15.0. The predicted molar refractivity (Wildman–Crippen MR) is 97.4 cm³/mol. The van der Waals surface area contributed by atoms with Gasteiger partial charge in [0.15, 0.2) is 5.96 Å². The van der Waals surface area contributed by atoms with E-state index in [-0.39, 0.29) is 11.3 Å². The van der Waals surface area contributed by atoms with Crippen molar-refractivity contribution >= 4 is 5.96 Å². The number of hydrogen-bond acceptors (Lipinski definition) is 4. The highest BCUT2D eigenvalue weighted by Gasteiger charge is 2.28. The Labute approximate surface area is 144 Å². The van der Waals surface area contributed by atoms with Crippen LogP contribution in [0.25, 0.3) is 0 Å². The monoisotopic (exact) mass is 334 g/mol. The second-order valence-corrected chi connectivity index (χ2v) is 6.63. The summed E-state index contributed by atoms with van der Waals surface area (Å²) in [6.45, 7) is 12.3. The molecule has 1 saturated heterocycles. The second-order valence-electron chi connectivity index (χ2n) is 6.63. The fourth-order valence-electron chi connectivity index (χ4n) is 2.69. The van der Waals surface area contributed by atoms with Gasteiger partial charge in [0.25, 0.3) is 0 Å². The fourth-order valence-corrected chi connectivity index (χ4v) is 2.69. The van der Waals surface area contributed by atoms with Crippen molar-refractivity contribution in [3.8, 4) is 5.75 Å². The Kier molecular flexibility index (Phi) is 6.87. The number of phenolic OH excluding ortho intramolecular Hbond substituents is 1. The van der Waals surface area contributed by atoms with E-state index in [1.54, 1.807) is 12.1 Å². The smallest absolute Gasteiger partial charge is 0.191 e. The normalized spacial score (nSPS) is 16.9. The van der Waals surface area contributed by atoms with Gasteiger partial charge in [-0.3, -0.25) is 4.90 Å². The summed E-state index contributed by atoms with van der Waals surface area (Å²) in [5, 5.41) is 16.1. The van der Waals surface area contributed by atoms with E-state index >= 15 is 0 Å². The maximum atomic E-state index is 9.34. The highest BCUT2D eigenvalue weighted by Crippen LogP contribution is 2.15. The van der Waals surface area contributed by atoms with Crippen LogP contribution in [-0.2, 0) is 11.3 Å². The van der Waals surface area contributed by atoms with Crippen molar-refractivity contribution in [2.75, 3.05) is 39.4 Å². The number of hydrogen-bond donors (Lipinski definition) is 3. The van der Waals surface area contributed by atoms with Gasteiger partial charge in [-0.15, -0.1) is 0 Å². The maximum absolute atomic E-state index is 9.34. The number of nitrogens with one attached hydrogen (secondary N) is 2. The number of nitrogens with zero attached hydrogens (tertiary/aromatic N) is 2. The summed E-state index contributed by atoms with van der Waals surface area (Å²) < 4.78 is 5.44. The molecule has 2 rings (SSSR count). The fraction of sp³-hybridized carbons (Fsp3) is 0.611. The van der Waals surface area contributed by atoms with Crippen LogP contribution in [0.1, 0.15) is 26.3 Å². The molecule has 0 radical (unpaired) electrons. The molecule has 1 fully saturated rings. The molecular formula is C18H30N4O2. The molecule has 3 N–H and O–H groups in total. The summed E-state index contributed by atoms with van der Waals surface area (Å²) in [5.41, 5.74) is 1.11. The van der Waals surface area contributed by atoms with Crippen LogP contribution in [0.15, 0.2) is 29.3 Å². The Hall–Kier alpha value is -1.79. The van der Waals surface area contributed by atoms with Crippen LogP contribution in [0.4, 0.5) is 0 Å². The molecule has 1 aliphatic heterocycles. The topological polar surface area (TPSA) is 69.1 Å². The van der Waals surface area contributed by atoms with Gasteiger partial charge in [-0.25, -0.2) is 4.99 Å². The van der Waals surface area contributed by atoms with Crippen LogP contribution < -0.4 is 10.6 Å². The van der Waals surface area contributed by atoms with E-state index in [4.69, 9.17) is 4.74 Å². The number of aromatic hydroxyl groups is 1. The van der Waals surface area contributed by atoms with Crippen molar-refractivity contribution in [2.45, 2.75) is 32.9 Å². The van der Waals surface area contributed by atoms with Crippen molar-refractivity contribution < 1.29 is 9.84 Å². The Balaban J connectivity index is 1.91. The van der Waals surface area contributed by atoms with Gasteiger partial charge in [0, 0.05) is 31.7 Å². The molecule has 0 amide bonds. The molecule has 134 valence electrons. The molecule has 6 heteroatoms. The van der Waals surface area contributed by atoms with Gasteiger partial charge >= 0.3 is 0 Å². The minimum Gasteiger partial charge on any atom is -0.508 e. The molecule has 1 aromatic rings. The van der Waals surface area contributed by atoms with E-state index in [0.717, 1.165) is 50.9 Å². The van der Waals surface area contributed by atoms with Gasteiger partial charge in [-0.2, -0.15) is 0 Å². The Bertz CT molecular complexity index is 522. The van der Waals surface area contributed by atoms with Gasteiger partial charge in [-0.1, -0.05) is 12.1 Å². The van der Waals surface area contributed by atoms with E-state index in [0.29, 0.717) is 6.54 Å². The lowest BCUT2D eigenvalue weighted by molar-refractivity contribution is -0.00834. The second kappa shape index (κ2) is 8.89. The molecule has 0 unspecified atom stereocenters. The first-order valence-electron chi connectivity index (χ1n) is 8.64. The molecule has 6 nitrogen and oxygen atoms in total. The van der Waals surface area contributed by atoms with E-state index in [9.17, 15) is 5.11 Å². The van der Waals surface area contributed by atoms with Crippen LogP contribution >= 0.6 is 0 Å². The maximum Gasteiger partial charge on any atom is 0.191 e. The standard InChI is InChI=1S/C18H30N4O2/c1-4-19-17(20-13-15-5-7-16(23)8-6-15)21-14-18(2,3)22-9-11-24-12-10-22/h5-8,23H,4,9-14H2,1-3H3,(H2,19,20,21). The molecule has 0 atom stereocenters. The molecule has 1 aliphatic rings. The number of aliphatic imine (C=N–C) groups is 1. The first-order chi connectivity index (χ1) is 11.5. The van der Waals surface area contributed by atoms with Crippen LogP contribution in [-0.4, -0.2) is 60.9 Å². The Morgan fingerprint density at radius 2 is 1.88 bits per heavy atom. The molecular weight excluding hydrogens is 304 g/mol. The zero-order valence-electron chi connectivity index (χ0n) is 15.0. The number of phenols is 1. The average molecular weight is 334 g/mol. The lowest BCUT2D eigenvalue weighted by Gasteiger charge is -2.41. The van der Waals surface area contributed by atoms with Gasteiger partial charge in [0.2, 0.25) is 0 Å². The molecule has 1 heterocycles. The number of morpholine rings is 1. The summed E-state index contributed by atoms with van der Waals surface area (Å²) in [5.74, 6) is 1.09. The van der Waals surface area contributed by atoms with Crippen LogP contribution in [0.5, 0.6) is 5.75 Å². The summed E-state index contributed by atoms with van der Waals surface area (Å²) >= 11 is 0. The van der Waals surface area contributed by atoms with Gasteiger partial charge in [0.1, 0.15) is 5.75 Å². The minimum atomic E-state index is 0.0402. The van der Waals surface area contributed by atoms with Crippen molar-refractivity contribution in [3.63, 3.8) is 0 Å². The van der Waals surface area contributed by atoms with Crippen molar-refractivity contribution in [3.05, 3.63) is 29.8 Å². The molecule has 0 bridgehead atoms. The Morgan fingerprint density at radius 3 is 2.50 bits per heavy atom. The molecule has 0 spiro atoms. The molecule has 1 aromatic carbocycles. The minimum absolute atomic E-state index is 0.0402. The van der Waals surface area contributed by atoms with Crippen LogP contribution in [0, 0.1) is 0 Å². The van der Waals surface area contributed by atoms with E-state index in [2.05, 4.69) is 41.3 Å². The average Bonchev–Trinajstić information content (AvgIpc) is 2.59. The quantitative estimate of drug-likeness (QED) is 0.544. The summed E-state index contributed by atoms with van der Waals surface area (Å²) in [6.07, 6.45) is 0. The summed E-state index contributed by atoms with van der Waals surface area (Å²) in [6, 6.07) is 7.15. The van der Waals surface area contributed by atoms with Gasteiger partial charge < -0.3 is 20.5 Å². The summed E-state index contributed by atoms with van der Waals surface area (Å²) in [4.78, 5) is 7.08. The SMILES string of the molecule is CCNC(=NCc1ccc(O)cc1)NCC(C)(C)N1CCOCC1. The van der Waals surface area contributed by atoms with Gasteiger partial charge in [-0.05, 0) is 38.5 Å². The predicted octanol–water partition coefficient (Wildman–Crippen LogP) is 1.56.